The molecule has 29 heavy (non-hydrogen) atoms. The van der Waals surface area contributed by atoms with Crippen LogP contribution in [-0.2, 0) is 4.74 Å². The lowest BCUT2D eigenvalue weighted by atomic mass is 10.1. The number of rotatable bonds is 4. The number of hydrogen-bond acceptors (Lipinski definition) is 8. The van der Waals surface area contributed by atoms with Crippen LogP contribution in [0.1, 0.15) is 21.8 Å². The summed E-state index contributed by atoms with van der Waals surface area (Å²) in [5.74, 6) is 1.45. The zero-order valence-corrected chi connectivity index (χ0v) is 16.2. The van der Waals surface area contributed by atoms with Crippen molar-refractivity contribution in [3.05, 3.63) is 47.5 Å². The summed E-state index contributed by atoms with van der Waals surface area (Å²) >= 11 is 0. The molecule has 1 amide bonds. The Morgan fingerprint density at radius 1 is 1.17 bits per heavy atom. The Hall–Kier alpha value is -3.46. The highest BCUT2D eigenvalue weighted by Crippen LogP contribution is 2.30. The summed E-state index contributed by atoms with van der Waals surface area (Å²) in [5.41, 5.74) is 8.54. The molecule has 0 atom stereocenters. The molecule has 1 aromatic carbocycles. The molecule has 0 saturated carbocycles. The van der Waals surface area contributed by atoms with Gasteiger partial charge >= 0.3 is 0 Å². The van der Waals surface area contributed by atoms with Crippen LogP contribution in [0.4, 0.5) is 5.82 Å². The van der Waals surface area contributed by atoms with Gasteiger partial charge in [-0.25, -0.2) is 9.97 Å². The number of morpholine rings is 1. The smallest absolute Gasteiger partial charge is 0.263 e. The van der Waals surface area contributed by atoms with Gasteiger partial charge in [0.2, 0.25) is 0 Å². The van der Waals surface area contributed by atoms with Crippen LogP contribution in [0.2, 0.25) is 0 Å². The molecule has 2 N–H and O–H groups in total. The highest BCUT2D eigenvalue weighted by molar-refractivity contribution is 5.94. The van der Waals surface area contributed by atoms with Crippen LogP contribution < -0.4 is 10.5 Å². The zero-order valence-electron chi connectivity index (χ0n) is 16.2. The number of amides is 1. The largest absolute Gasteiger partial charge is 0.436 e. The Morgan fingerprint density at radius 3 is 2.55 bits per heavy atom. The second-order valence-corrected chi connectivity index (χ2v) is 6.68. The van der Waals surface area contributed by atoms with Crippen LogP contribution in [0, 0.1) is 13.8 Å². The third-order valence-electron chi connectivity index (χ3n) is 4.67. The Bertz CT molecular complexity index is 1010. The molecule has 1 aliphatic heterocycles. The summed E-state index contributed by atoms with van der Waals surface area (Å²) in [6, 6.07) is 6.85. The maximum Gasteiger partial charge on any atom is 0.263 e. The van der Waals surface area contributed by atoms with Crippen LogP contribution in [-0.4, -0.2) is 52.2 Å². The highest BCUT2D eigenvalue weighted by Gasteiger charge is 2.19. The number of anilines is 1. The van der Waals surface area contributed by atoms with Crippen molar-refractivity contribution in [1.29, 1.82) is 0 Å². The Morgan fingerprint density at radius 2 is 1.90 bits per heavy atom. The Balaban J connectivity index is 1.53. The van der Waals surface area contributed by atoms with Crippen LogP contribution in [0.3, 0.4) is 0 Å². The first-order valence-corrected chi connectivity index (χ1v) is 9.23. The first-order chi connectivity index (χ1) is 14.0. The maximum absolute atomic E-state index is 12.5. The second-order valence-electron chi connectivity index (χ2n) is 6.68. The number of carbonyl (C=O) groups excluding carboxylic acids is 1. The normalized spacial score (nSPS) is 14.1. The molecule has 3 aromatic rings. The Labute approximate surface area is 167 Å². The monoisotopic (exact) mass is 395 g/mol. The van der Waals surface area contributed by atoms with Gasteiger partial charge < -0.3 is 24.6 Å². The third kappa shape index (κ3) is 3.90. The van der Waals surface area contributed by atoms with Gasteiger partial charge in [-0.05, 0) is 38.1 Å². The standard InChI is InChI=1S/C20H21N5O4/c1-12-17(13(2)29-24-12)16-11-22-18(21)19(23-16)28-15-5-3-14(4-6-15)20(26)25-7-9-27-10-8-25/h3-6,11H,7-10H2,1-2H3,(H2,21,22). The molecule has 0 spiro atoms. The molecule has 1 fully saturated rings. The van der Waals surface area contributed by atoms with E-state index in [4.69, 9.17) is 19.7 Å². The van der Waals surface area contributed by atoms with Gasteiger partial charge in [-0.3, -0.25) is 4.79 Å². The number of nitrogens with two attached hydrogens (primary N) is 1. The number of carbonyl (C=O) groups is 1. The van der Waals surface area contributed by atoms with Gasteiger partial charge in [0.15, 0.2) is 5.82 Å². The lowest BCUT2D eigenvalue weighted by Crippen LogP contribution is -2.40. The number of aryl methyl sites for hydroxylation is 2. The van der Waals surface area contributed by atoms with Crippen LogP contribution in [0.25, 0.3) is 11.3 Å². The summed E-state index contributed by atoms with van der Waals surface area (Å²) in [6.07, 6.45) is 1.55. The third-order valence-corrected chi connectivity index (χ3v) is 4.67. The zero-order chi connectivity index (χ0) is 20.4. The van der Waals surface area contributed by atoms with E-state index in [1.165, 1.54) is 0 Å². The van der Waals surface area contributed by atoms with E-state index in [0.29, 0.717) is 54.8 Å². The van der Waals surface area contributed by atoms with Gasteiger partial charge in [0, 0.05) is 18.7 Å². The SMILES string of the molecule is Cc1noc(C)c1-c1cnc(N)c(Oc2ccc(C(=O)N3CCOCC3)cc2)n1. The number of benzene rings is 1. The van der Waals surface area contributed by atoms with Gasteiger partial charge in [-0.2, -0.15) is 0 Å². The molecular formula is C20H21N5O4. The van der Waals surface area contributed by atoms with Crippen LogP contribution >= 0.6 is 0 Å². The summed E-state index contributed by atoms with van der Waals surface area (Å²) in [4.78, 5) is 22.9. The number of hydrogen-bond donors (Lipinski definition) is 1. The molecule has 150 valence electrons. The lowest BCUT2D eigenvalue weighted by Gasteiger charge is -2.26. The quantitative estimate of drug-likeness (QED) is 0.716. The fourth-order valence-electron chi connectivity index (χ4n) is 3.15. The molecule has 4 rings (SSSR count). The van der Waals surface area contributed by atoms with Crippen LogP contribution in [0.5, 0.6) is 11.6 Å². The molecule has 2 aromatic heterocycles. The predicted molar refractivity (Wildman–Crippen MR) is 105 cm³/mol. The average molecular weight is 395 g/mol. The first kappa shape index (κ1) is 18.9. The lowest BCUT2D eigenvalue weighted by molar-refractivity contribution is 0.0303. The summed E-state index contributed by atoms with van der Waals surface area (Å²) in [7, 11) is 0. The Kier molecular flexibility index (Phi) is 5.13. The molecule has 9 nitrogen and oxygen atoms in total. The first-order valence-electron chi connectivity index (χ1n) is 9.23. The van der Waals surface area contributed by atoms with Crippen molar-refractivity contribution in [2.24, 2.45) is 0 Å². The van der Waals surface area contributed by atoms with E-state index < -0.39 is 0 Å². The minimum atomic E-state index is -0.0282. The van der Waals surface area contributed by atoms with E-state index >= 15 is 0 Å². The molecule has 0 aliphatic carbocycles. The second kappa shape index (κ2) is 7.88. The fraction of sp³-hybridized carbons (Fsp3) is 0.300. The molecule has 0 bridgehead atoms. The van der Waals surface area contributed by atoms with E-state index in [0.717, 1.165) is 5.56 Å². The van der Waals surface area contributed by atoms with Gasteiger partial charge in [0.1, 0.15) is 11.5 Å². The minimum absolute atomic E-state index is 0.0282. The maximum atomic E-state index is 12.5. The van der Waals surface area contributed by atoms with E-state index in [2.05, 4.69) is 15.1 Å². The van der Waals surface area contributed by atoms with Gasteiger partial charge in [-0.1, -0.05) is 5.16 Å². The predicted octanol–water partition coefficient (Wildman–Crippen LogP) is 2.60. The topological polar surface area (TPSA) is 117 Å². The highest BCUT2D eigenvalue weighted by atomic mass is 16.5. The van der Waals surface area contributed by atoms with Gasteiger partial charge in [0.25, 0.3) is 11.8 Å². The van der Waals surface area contributed by atoms with Crippen molar-refractivity contribution in [2.75, 3.05) is 32.0 Å². The van der Waals surface area contributed by atoms with Crippen molar-refractivity contribution < 1.29 is 18.8 Å². The molecular weight excluding hydrogens is 374 g/mol. The number of nitrogen functional groups attached to an aromatic ring is 1. The summed E-state index contributed by atoms with van der Waals surface area (Å²) in [6.45, 7) is 5.95. The number of ether oxygens (including phenoxy) is 2. The van der Waals surface area contributed by atoms with Crippen molar-refractivity contribution in [2.45, 2.75) is 13.8 Å². The molecule has 3 heterocycles. The van der Waals surface area contributed by atoms with Crippen molar-refractivity contribution in [3.63, 3.8) is 0 Å². The van der Waals surface area contributed by atoms with E-state index in [-0.39, 0.29) is 17.6 Å². The van der Waals surface area contributed by atoms with E-state index in [1.54, 1.807) is 42.3 Å². The van der Waals surface area contributed by atoms with Crippen molar-refractivity contribution in [1.82, 2.24) is 20.0 Å². The van der Waals surface area contributed by atoms with E-state index in [1.807, 2.05) is 6.92 Å². The number of aromatic nitrogens is 3. The minimum Gasteiger partial charge on any atom is -0.436 e. The molecule has 9 heteroatoms. The van der Waals surface area contributed by atoms with E-state index in [9.17, 15) is 4.79 Å². The summed E-state index contributed by atoms with van der Waals surface area (Å²) in [5, 5.41) is 3.93. The molecule has 0 radical (unpaired) electrons. The molecule has 0 unspecified atom stereocenters. The van der Waals surface area contributed by atoms with Crippen molar-refractivity contribution >= 4 is 11.7 Å². The molecule has 1 saturated heterocycles. The summed E-state index contributed by atoms with van der Waals surface area (Å²) < 4.78 is 16.3. The fourth-order valence-corrected chi connectivity index (χ4v) is 3.15. The average Bonchev–Trinajstić information content (AvgIpc) is 3.08. The number of nitrogens with zero attached hydrogens (tertiary/aromatic N) is 4. The van der Waals surface area contributed by atoms with Crippen molar-refractivity contribution in [3.8, 4) is 22.9 Å². The van der Waals surface area contributed by atoms with Gasteiger partial charge in [-0.15, -0.1) is 0 Å². The van der Waals surface area contributed by atoms with Gasteiger partial charge in [0.05, 0.1) is 36.4 Å². The molecule has 1 aliphatic rings. The van der Waals surface area contributed by atoms with Crippen LogP contribution in [0.15, 0.2) is 35.0 Å².